The van der Waals surface area contributed by atoms with Gasteiger partial charge in [-0.15, -0.1) is 0 Å². The molecule has 4 aromatic rings. The predicted octanol–water partition coefficient (Wildman–Crippen LogP) is 5.92. The van der Waals surface area contributed by atoms with Gasteiger partial charge in [-0.2, -0.15) is 0 Å². The van der Waals surface area contributed by atoms with Crippen LogP contribution >= 0.6 is 11.3 Å². The maximum absolute atomic E-state index is 2.44. The van der Waals surface area contributed by atoms with Gasteiger partial charge >= 0.3 is 143 Å². The first kappa shape index (κ1) is 13.1. The van der Waals surface area contributed by atoms with E-state index in [2.05, 4.69) is 61.5 Å². The number of hydrogen-bond acceptors (Lipinski definition) is 1. The summed E-state index contributed by atoms with van der Waals surface area (Å²) in [6.45, 7) is 2.28. The van der Waals surface area contributed by atoms with Gasteiger partial charge in [0.25, 0.3) is 0 Å². The maximum atomic E-state index is 2.44. The molecule has 0 unspecified atom stereocenters. The van der Waals surface area contributed by atoms with Gasteiger partial charge in [-0.3, -0.25) is 0 Å². The third kappa shape index (κ3) is 2.02. The van der Waals surface area contributed by atoms with E-state index in [1.807, 2.05) is 11.3 Å². The summed E-state index contributed by atoms with van der Waals surface area (Å²) in [5.74, 6) is 0. The Kier molecular flexibility index (Phi) is 2.89. The van der Waals surface area contributed by atoms with Crippen LogP contribution in [-0.2, 0) is 0 Å². The van der Waals surface area contributed by atoms with E-state index < -0.39 is 0 Å². The molecule has 2 heteroatoms. The van der Waals surface area contributed by atoms with Crippen LogP contribution in [0.4, 0.5) is 0 Å². The molecule has 0 nitrogen and oxygen atoms in total. The van der Waals surface area contributed by atoms with Gasteiger partial charge in [-0.05, 0) is 0 Å². The standard InChI is InChI=1S/C20H14STe/c1-12-6-17-8-14-9-19-16(7-15(14)11-20(17)22-12)10-18(21-19)13-4-2-3-5-13/h2-4,6-11H,5H2,1H3. The third-order valence-electron chi connectivity index (χ3n) is 4.32. The van der Waals surface area contributed by atoms with Gasteiger partial charge in [-0.25, -0.2) is 0 Å². The summed E-state index contributed by atoms with van der Waals surface area (Å²) in [5, 5.41) is 5.65. The number of aryl methyl sites for hydroxylation is 1. The summed E-state index contributed by atoms with van der Waals surface area (Å²) < 4.78 is 4.61. The molecule has 106 valence electrons. The van der Waals surface area contributed by atoms with Crippen molar-refractivity contribution in [3.8, 4) is 0 Å². The summed E-state index contributed by atoms with van der Waals surface area (Å²) in [4.78, 5) is 1.42. The second-order valence-electron chi connectivity index (χ2n) is 5.92. The van der Waals surface area contributed by atoms with Gasteiger partial charge in [0.1, 0.15) is 0 Å². The van der Waals surface area contributed by atoms with Crippen molar-refractivity contribution >= 4 is 67.0 Å². The summed E-state index contributed by atoms with van der Waals surface area (Å²) in [5.41, 5.74) is 1.46. The molecule has 0 fully saturated rings. The van der Waals surface area contributed by atoms with Crippen LogP contribution in [0.25, 0.3) is 35.2 Å². The molecule has 0 radical (unpaired) electrons. The molecule has 0 amide bonds. The van der Waals surface area contributed by atoms with Crippen LogP contribution in [-0.4, -0.2) is 20.4 Å². The molecule has 1 aliphatic rings. The zero-order valence-corrected chi connectivity index (χ0v) is 15.4. The van der Waals surface area contributed by atoms with E-state index in [1.54, 1.807) is 6.98 Å². The van der Waals surface area contributed by atoms with Crippen LogP contribution in [0.1, 0.15) is 14.9 Å². The van der Waals surface area contributed by atoms with Crippen LogP contribution < -0.4 is 0 Å². The van der Waals surface area contributed by atoms with E-state index in [1.165, 1.54) is 36.7 Å². The van der Waals surface area contributed by atoms with E-state index in [-0.39, 0.29) is 20.4 Å². The summed E-state index contributed by atoms with van der Waals surface area (Å²) in [6, 6.07) is 14.3. The SMILES string of the molecule is Cc1cc2cc3cc4sc(C5=CC=CC5)cc4cc3cc2[te]1. The van der Waals surface area contributed by atoms with E-state index >= 15 is 0 Å². The number of hydrogen-bond donors (Lipinski definition) is 0. The summed E-state index contributed by atoms with van der Waals surface area (Å²) in [6.07, 6.45) is 7.73. The average Bonchev–Trinajstić information content (AvgIpc) is 3.20. The second-order valence-corrected chi connectivity index (χ2v) is 10.7. The molecule has 2 heterocycles. The fraction of sp³-hybridized carbons (Fsp3) is 0.100. The molecule has 0 bridgehead atoms. The number of benzene rings is 2. The molecule has 0 saturated heterocycles. The number of fused-ring (bicyclic) bond motifs is 3. The molecule has 0 atom stereocenters. The van der Waals surface area contributed by atoms with Crippen molar-refractivity contribution in [3.05, 3.63) is 63.1 Å². The molecule has 0 N–H and O–H groups in total. The molecule has 1 aliphatic carbocycles. The van der Waals surface area contributed by atoms with E-state index in [4.69, 9.17) is 0 Å². The first-order valence-electron chi connectivity index (χ1n) is 7.50. The minimum atomic E-state index is -0.102. The fourth-order valence-corrected chi connectivity index (χ4v) is 7.10. The normalized spacial score (nSPS) is 14.5. The number of thiophene rings is 1. The van der Waals surface area contributed by atoms with Crippen LogP contribution in [0, 0.1) is 6.92 Å². The van der Waals surface area contributed by atoms with Gasteiger partial charge in [0, 0.05) is 0 Å². The molecular weight excluding hydrogens is 400 g/mol. The Morgan fingerprint density at radius 1 is 0.909 bits per heavy atom. The fourth-order valence-electron chi connectivity index (χ4n) is 3.24. The molecule has 22 heavy (non-hydrogen) atoms. The van der Waals surface area contributed by atoms with E-state index in [9.17, 15) is 0 Å². The Morgan fingerprint density at radius 3 is 2.64 bits per heavy atom. The van der Waals surface area contributed by atoms with Crippen molar-refractivity contribution in [2.75, 3.05) is 0 Å². The second kappa shape index (κ2) is 4.83. The Balaban J connectivity index is 1.77. The quantitative estimate of drug-likeness (QED) is 0.340. The van der Waals surface area contributed by atoms with Crippen molar-refractivity contribution in [1.82, 2.24) is 0 Å². The van der Waals surface area contributed by atoms with Gasteiger partial charge in [0.2, 0.25) is 0 Å². The Morgan fingerprint density at radius 2 is 1.77 bits per heavy atom. The third-order valence-corrected chi connectivity index (χ3v) is 8.39. The van der Waals surface area contributed by atoms with Gasteiger partial charge < -0.3 is 0 Å². The first-order chi connectivity index (χ1) is 10.8. The Hall–Kier alpha value is -1.33. The van der Waals surface area contributed by atoms with E-state index in [0.29, 0.717) is 0 Å². The summed E-state index contributed by atoms with van der Waals surface area (Å²) >= 11 is 1.83. The zero-order chi connectivity index (χ0) is 14.7. The topological polar surface area (TPSA) is 0 Å². The average molecular weight is 414 g/mol. The first-order valence-corrected chi connectivity index (χ1v) is 10.6. The minimum absolute atomic E-state index is 0.102. The van der Waals surface area contributed by atoms with Crippen LogP contribution in [0.3, 0.4) is 0 Å². The molecule has 0 saturated carbocycles. The molecule has 2 aromatic heterocycles. The molecule has 0 aliphatic heterocycles. The monoisotopic (exact) mass is 416 g/mol. The van der Waals surface area contributed by atoms with Crippen LogP contribution in [0.15, 0.2) is 54.6 Å². The van der Waals surface area contributed by atoms with Crippen molar-refractivity contribution in [1.29, 1.82) is 0 Å². The molecule has 0 spiro atoms. The Bertz CT molecular complexity index is 1030. The van der Waals surface area contributed by atoms with Crippen LogP contribution in [0.2, 0.25) is 0 Å². The number of rotatable bonds is 1. The summed E-state index contributed by atoms with van der Waals surface area (Å²) in [7, 11) is 0. The van der Waals surface area contributed by atoms with Crippen molar-refractivity contribution in [3.63, 3.8) is 0 Å². The van der Waals surface area contributed by atoms with Crippen molar-refractivity contribution < 1.29 is 0 Å². The molecular formula is C20H14STe. The van der Waals surface area contributed by atoms with Gasteiger partial charge in [0.15, 0.2) is 0 Å². The molecule has 2 aromatic carbocycles. The van der Waals surface area contributed by atoms with E-state index in [0.717, 1.165) is 6.42 Å². The van der Waals surface area contributed by atoms with Crippen molar-refractivity contribution in [2.24, 2.45) is 0 Å². The van der Waals surface area contributed by atoms with Crippen molar-refractivity contribution in [2.45, 2.75) is 13.3 Å². The van der Waals surface area contributed by atoms with Gasteiger partial charge in [-0.1, -0.05) is 0 Å². The number of allylic oxidation sites excluding steroid dienone is 4. The predicted molar refractivity (Wildman–Crippen MR) is 100 cm³/mol. The van der Waals surface area contributed by atoms with Gasteiger partial charge in [0.05, 0.1) is 0 Å². The molecule has 5 rings (SSSR count). The Labute approximate surface area is 143 Å². The zero-order valence-electron chi connectivity index (χ0n) is 12.2. The van der Waals surface area contributed by atoms with Crippen LogP contribution in [0.5, 0.6) is 0 Å².